The first-order valence-electron chi connectivity index (χ1n) is 5.32. The van der Waals surface area contributed by atoms with Crippen LogP contribution in [0.4, 0.5) is 13.2 Å². The zero-order valence-electron chi connectivity index (χ0n) is 9.50. The number of rotatable bonds is 0. The number of aliphatic carboxylic acids is 1. The van der Waals surface area contributed by atoms with Crippen LogP contribution in [0.5, 0.6) is 0 Å². The number of carboxylic acids is 1. The second-order valence-electron chi connectivity index (χ2n) is 3.65. The lowest BCUT2D eigenvalue weighted by molar-refractivity contribution is -0.192. The van der Waals surface area contributed by atoms with Gasteiger partial charge in [-0.25, -0.2) is 10.2 Å². The summed E-state index contributed by atoms with van der Waals surface area (Å²) in [7, 11) is 0. The van der Waals surface area contributed by atoms with Gasteiger partial charge in [0.05, 0.1) is 6.67 Å². The van der Waals surface area contributed by atoms with Gasteiger partial charge in [0.15, 0.2) is 0 Å². The molecule has 1 saturated heterocycles. The fraction of sp³-hybridized carbons (Fsp3) is 0.500. The minimum atomic E-state index is -5.08. The number of hydrogen-bond acceptors (Lipinski definition) is 4. The number of alkyl halides is 3. The van der Waals surface area contributed by atoms with Crippen LogP contribution in [-0.4, -0.2) is 35.4 Å². The van der Waals surface area contributed by atoms with E-state index >= 15 is 0 Å². The first-order chi connectivity index (χ1) is 8.41. The quantitative estimate of drug-likeness (QED) is 0.614. The van der Waals surface area contributed by atoms with E-state index in [9.17, 15) is 13.2 Å². The van der Waals surface area contributed by atoms with Crippen molar-refractivity contribution in [3.63, 3.8) is 0 Å². The predicted octanol–water partition coefficient (Wildman–Crippen LogP) is 1.18. The molecule has 0 aliphatic carbocycles. The molecule has 0 amide bonds. The molecule has 2 aliphatic heterocycles. The molecule has 3 N–H and O–H groups in total. The molecule has 0 saturated carbocycles. The number of allylic oxidation sites excluding steroid dienone is 3. The lowest BCUT2D eigenvalue weighted by Gasteiger charge is -2.17. The topological polar surface area (TPSA) is 64.6 Å². The molecular formula is C10H14F3N3O2. The first kappa shape index (κ1) is 14.4. The molecule has 0 spiro atoms. The van der Waals surface area contributed by atoms with E-state index in [4.69, 9.17) is 9.90 Å². The molecule has 0 radical (unpaired) electrons. The molecule has 5 nitrogen and oxygen atoms in total. The van der Waals surface area contributed by atoms with E-state index in [-0.39, 0.29) is 0 Å². The van der Waals surface area contributed by atoms with Crippen LogP contribution in [0, 0.1) is 0 Å². The lowest BCUT2D eigenvalue weighted by Crippen LogP contribution is -2.22. The molecule has 102 valence electrons. The number of nitrogens with zero attached hydrogens (tertiary/aromatic N) is 1. The second kappa shape index (κ2) is 6.29. The zero-order valence-corrected chi connectivity index (χ0v) is 9.50. The van der Waals surface area contributed by atoms with Crippen molar-refractivity contribution in [2.24, 2.45) is 0 Å². The van der Waals surface area contributed by atoms with Crippen LogP contribution in [0.2, 0.25) is 0 Å². The lowest BCUT2D eigenvalue weighted by atomic mass is 10.2. The van der Waals surface area contributed by atoms with Crippen molar-refractivity contribution in [1.82, 2.24) is 15.8 Å². The molecule has 2 heterocycles. The van der Waals surface area contributed by atoms with Crippen LogP contribution in [0.15, 0.2) is 24.0 Å². The molecule has 0 aromatic carbocycles. The molecular weight excluding hydrogens is 251 g/mol. The van der Waals surface area contributed by atoms with E-state index in [1.54, 1.807) is 0 Å². The highest BCUT2D eigenvalue weighted by atomic mass is 19.4. The van der Waals surface area contributed by atoms with E-state index < -0.39 is 12.1 Å². The van der Waals surface area contributed by atoms with Gasteiger partial charge in [0.2, 0.25) is 0 Å². The Kier molecular flexibility index (Phi) is 5.02. The van der Waals surface area contributed by atoms with Crippen molar-refractivity contribution in [2.45, 2.75) is 19.0 Å². The number of carboxylic acid groups (broad SMARTS) is 1. The Labute approximate surface area is 102 Å². The van der Waals surface area contributed by atoms with Gasteiger partial charge in [-0.3, -0.25) is 0 Å². The fourth-order valence-corrected chi connectivity index (χ4v) is 1.39. The molecule has 0 atom stereocenters. The Morgan fingerprint density at radius 2 is 2.11 bits per heavy atom. The summed E-state index contributed by atoms with van der Waals surface area (Å²) in [5.74, 6) is -1.56. The van der Waals surface area contributed by atoms with E-state index in [2.05, 4.69) is 34.0 Å². The van der Waals surface area contributed by atoms with Crippen LogP contribution in [0.25, 0.3) is 0 Å². The Hall–Kier alpha value is -1.70. The highest BCUT2D eigenvalue weighted by Crippen LogP contribution is 2.13. The minimum absolute atomic E-state index is 0.930. The summed E-state index contributed by atoms with van der Waals surface area (Å²) in [6, 6.07) is 0. The zero-order chi connectivity index (χ0) is 13.6. The molecule has 0 bridgehead atoms. The van der Waals surface area contributed by atoms with Crippen LogP contribution < -0.4 is 10.9 Å². The van der Waals surface area contributed by atoms with Crippen LogP contribution in [-0.2, 0) is 4.79 Å². The maximum atomic E-state index is 10.6. The van der Waals surface area contributed by atoms with E-state index in [0.29, 0.717) is 0 Å². The predicted molar refractivity (Wildman–Crippen MR) is 58.0 cm³/mol. The Bertz CT molecular complexity index is 353. The van der Waals surface area contributed by atoms with Crippen molar-refractivity contribution in [3.8, 4) is 0 Å². The molecule has 1 fully saturated rings. The monoisotopic (exact) mass is 265 g/mol. The van der Waals surface area contributed by atoms with Gasteiger partial charge < -0.3 is 15.4 Å². The van der Waals surface area contributed by atoms with Crippen molar-refractivity contribution in [1.29, 1.82) is 0 Å². The third-order valence-electron chi connectivity index (χ3n) is 2.26. The van der Waals surface area contributed by atoms with Gasteiger partial charge in [0, 0.05) is 6.54 Å². The summed E-state index contributed by atoms with van der Waals surface area (Å²) in [4.78, 5) is 11.2. The van der Waals surface area contributed by atoms with Gasteiger partial charge in [-0.2, -0.15) is 13.2 Å². The van der Waals surface area contributed by atoms with Gasteiger partial charge >= 0.3 is 12.1 Å². The second-order valence-corrected chi connectivity index (χ2v) is 3.65. The molecule has 8 heteroatoms. The number of hydrogen-bond donors (Lipinski definition) is 3. The standard InChI is InChI=1S/C8H13N3.C2HF3O2/c1-2-4-6-11-7-9-10-8(11)5-3-1;3-2(4,5)1(6)7/h1,3,5,9-10H,2,4,6-7H2;(H,6,7). The smallest absolute Gasteiger partial charge is 0.475 e. The van der Waals surface area contributed by atoms with E-state index in [1.807, 2.05) is 0 Å². The Morgan fingerprint density at radius 1 is 1.44 bits per heavy atom. The van der Waals surface area contributed by atoms with Gasteiger partial charge in [0.1, 0.15) is 5.82 Å². The molecule has 0 aromatic heterocycles. The third-order valence-corrected chi connectivity index (χ3v) is 2.26. The third kappa shape index (κ3) is 4.66. The number of fused-ring (bicyclic) bond motifs is 1. The van der Waals surface area contributed by atoms with Gasteiger partial charge in [-0.05, 0) is 18.9 Å². The van der Waals surface area contributed by atoms with Crippen molar-refractivity contribution in [3.05, 3.63) is 24.0 Å². The molecule has 2 rings (SSSR count). The maximum absolute atomic E-state index is 10.6. The number of halogens is 3. The number of hydrazine groups is 1. The van der Waals surface area contributed by atoms with Crippen molar-refractivity contribution < 1.29 is 23.1 Å². The highest BCUT2D eigenvalue weighted by molar-refractivity contribution is 5.73. The minimum Gasteiger partial charge on any atom is -0.475 e. The first-order valence-corrected chi connectivity index (χ1v) is 5.32. The summed E-state index contributed by atoms with van der Waals surface area (Å²) < 4.78 is 31.7. The van der Waals surface area contributed by atoms with Crippen molar-refractivity contribution >= 4 is 5.97 Å². The summed E-state index contributed by atoms with van der Waals surface area (Å²) in [5.41, 5.74) is 6.21. The highest BCUT2D eigenvalue weighted by Gasteiger charge is 2.38. The average Bonchev–Trinajstić information content (AvgIpc) is 2.64. The summed E-state index contributed by atoms with van der Waals surface area (Å²) in [5, 5.41) is 7.12. The molecule has 0 unspecified atom stereocenters. The maximum Gasteiger partial charge on any atom is 0.490 e. The summed E-state index contributed by atoms with van der Waals surface area (Å²) in [6.45, 7) is 2.08. The summed E-state index contributed by atoms with van der Waals surface area (Å²) >= 11 is 0. The Balaban J connectivity index is 0.000000203. The summed E-state index contributed by atoms with van der Waals surface area (Å²) in [6.07, 6.45) is 3.79. The van der Waals surface area contributed by atoms with Crippen LogP contribution in [0.1, 0.15) is 12.8 Å². The molecule has 0 aromatic rings. The van der Waals surface area contributed by atoms with E-state index in [0.717, 1.165) is 13.2 Å². The molecule has 18 heavy (non-hydrogen) atoms. The SMILES string of the molecule is C1=CCCCN2CNNC2=C1.O=C(O)C(F)(F)F. The van der Waals surface area contributed by atoms with Gasteiger partial charge in [-0.1, -0.05) is 12.2 Å². The molecule has 2 aliphatic rings. The van der Waals surface area contributed by atoms with Crippen LogP contribution in [0.3, 0.4) is 0 Å². The number of nitrogens with one attached hydrogen (secondary N) is 2. The Morgan fingerprint density at radius 3 is 2.72 bits per heavy atom. The normalized spacial score (nSPS) is 18.6. The number of carbonyl (C=O) groups is 1. The van der Waals surface area contributed by atoms with Crippen LogP contribution >= 0.6 is 0 Å². The fourth-order valence-electron chi connectivity index (χ4n) is 1.39. The van der Waals surface area contributed by atoms with Crippen molar-refractivity contribution in [2.75, 3.05) is 13.2 Å². The van der Waals surface area contributed by atoms with Gasteiger partial charge in [0.25, 0.3) is 0 Å². The average molecular weight is 265 g/mol. The van der Waals surface area contributed by atoms with Gasteiger partial charge in [-0.15, -0.1) is 0 Å². The van der Waals surface area contributed by atoms with E-state index in [1.165, 1.54) is 18.7 Å². The largest absolute Gasteiger partial charge is 0.490 e.